The standard InChI is InChI=1S/C23H27N3O5S/c1-6-32(28,29)25-21-12-7-17(14-22(21)31-5)24-23(27)20-13-15(2)26(16(20)3)18-8-10-19(30-4)11-9-18/h7-14,25H,6H2,1-5H3,(H,24,27). The number of carbonyl (C=O) groups is 1. The highest BCUT2D eigenvalue weighted by Crippen LogP contribution is 2.30. The lowest BCUT2D eigenvalue weighted by Crippen LogP contribution is -2.16. The third kappa shape index (κ3) is 4.88. The molecule has 0 saturated carbocycles. The van der Waals surface area contributed by atoms with Gasteiger partial charge < -0.3 is 19.4 Å². The van der Waals surface area contributed by atoms with E-state index in [1.165, 1.54) is 7.11 Å². The summed E-state index contributed by atoms with van der Waals surface area (Å²) in [5.74, 6) is 0.733. The largest absolute Gasteiger partial charge is 0.497 e. The molecule has 0 unspecified atom stereocenters. The number of nitrogens with one attached hydrogen (secondary N) is 2. The van der Waals surface area contributed by atoms with Crippen molar-refractivity contribution in [1.82, 2.24) is 4.57 Å². The molecule has 0 bridgehead atoms. The molecule has 32 heavy (non-hydrogen) atoms. The van der Waals surface area contributed by atoms with Crippen LogP contribution in [0.1, 0.15) is 28.7 Å². The summed E-state index contributed by atoms with van der Waals surface area (Å²) in [6.07, 6.45) is 0. The van der Waals surface area contributed by atoms with Crippen molar-refractivity contribution in [3.05, 3.63) is 65.5 Å². The summed E-state index contributed by atoms with van der Waals surface area (Å²) >= 11 is 0. The number of benzene rings is 2. The van der Waals surface area contributed by atoms with Gasteiger partial charge in [-0.15, -0.1) is 0 Å². The van der Waals surface area contributed by atoms with Crippen molar-refractivity contribution in [2.24, 2.45) is 0 Å². The van der Waals surface area contributed by atoms with E-state index < -0.39 is 10.0 Å². The van der Waals surface area contributed by atoms with Crippen molar-refractivity contribution in [2.45, 2.75) is 20.8 Å². The first-order chi connectivity index (χ1) is 15.2. The van der Waals surface area contributed by atoms with Crippen molar-refractivity contribution < 1.29 is 22.7 Å². The molecule has 0 spiro atoms. The predicted octanol–water partition coefficient (Wildman–Crippen LogP) is 4.13. The van der Waals surface area contributed by atoms with Crippen LogP contribution < -0.4 is 19.5 Å². The Labute approximate surface area is 188 Å². The minimum Gasteiger partial charge on any atom is -0.497 e. The highest BCUT2D eigenvalue weighted by molar-refractivity contribution is 7.92. The number of rotatable bonds is 8. The van der Waals surface area contributed by atoms with Gasteiger partial charge in [0.2, 0.25) is 10.0 Å². The molecule has 2 N–H and O–H groups in total. The van der Waals surface area contributed by atoms with Crippen LogP contribution in [0.2, 0.25) is 0 Å². The van der Waals surface area contributed by atoms with E-state index in [4.69, 9.17) is 9.47 Å². The molecular formula is C23H27N3O5S. The molecule has 2 aromatic carbocycles. The number of hydrogen-bond donors (Lipinski definition) is 2. The van der Waals surface area contributed by atoms with Gasteiger partial charge in [0.05, 0.1) is 31.2 Å². The normalized spacial score (nSPS) is 11.2. The van der Waals surface area contributed by atoms with Crippen LogP contribution in [0.5, 0.6) is 11.5 Å². The lowest BCUT2D eigenvalue weighted by Gasteiger charge is -2.13. The first kappa shape index (κ1) is 23.2. The summed E-state index contributed by atoms with van der Waals surface area (Å²) in [5, 5.41) is 2.86. The number of methoxy groups -OCH3 is 2. The van der Waals surface area contributed by atoms with Crippen LogP contribution >= 0.6 is 0 Å². The number of aryl methyl sites for hydroxylation is 1. The number of amides is 1. The van der Waals surface area contributed by atoms with E-state index in [1.807, 2.05) is 48.7 Å². The van der Waals surface area contributed by atoms with Crippen LogP contribution in [0.4, 0.5) is 11.4 Å². The van der Waals surface area contributed by atoms with E-state index in [0.717, 1.165) is 22.8 Å². The van der Waals surface area contributed by atoms with Gasteiger partial charge in [-0.1, -0.05) is 0 Å². The summed E-state index contributed by atoms with van der Waals surface area (Å²) in [7, 11) is -0.398. The van der Waals surface area contributed by atoms with Crippen LogP contribution in [-0.4, -0.2) is 38.9 Å². The summed E-state index contributed by atoms with van der Waals surface area (Å²) < 4.78 is 38.7. The highest BCUT2D eigenvalue weighted by Gasteiger charge is 2.18. The van der Waals surface area contributed by atoms with E-state index in [-0.39, 0.29) is 11.7 Å². The quantitative estimate of drug-likeness (QED) is 0.530. The molecule has 0 saturated heterocycles. The average molecular weight is 458 g/mol. The maximum atomic E-state index is 13.0. The summed E-state index contributed by atoms with van der Waals surface area (Å²) in [6, 6.07) is 14.2. The third-order valence-corrected chi connectivity index (χ3v) is 6.40. The molecule has 1 heterocycles. The molecule has 170 valence electrons. The Hall–Kier alpha value is -3.46. The van der Waals surface area contributed by atoms with Gasteiger partial charge in [-0.3, -0.25) is 9.52 Å². The van der Waals surface area contributed by atoms with Crippen LogP contribution in [0, 0.1) is 13.8 Å². The summed E-state index contributed by atoms with van der Waals surface area (Å²) in [6.45, 7) is 5.37. The Morgan fingerprint density at radius 2 is 1.69 bits per heavy atom. The molecule has 0 aliphatic carbocycles. The van der Waals surface area contributed by atoms with Crippen LogP contribution in [0.25, 0.3) is 5.69 Å². The van der Waals surface area contributed by atoms with Crippen molar-refractivity contribution in [1.29, 1.82) is 0 Å². The molecule has 3 rings (SSSR count). The molecule has 9 heteroatoms. The Bertz CT molecular complexity index is 1230. The molecule has 1 aromatic heterocycles. The fourth-order valence-corrected chi connectivity index (χ4v) is 4.06. The monoisotopic (exact) mass is 457 g/mol. The Kier molecular flexibility index (Phi) is 6.78. The molecule has 3 aromatic rings. The number of aromatic nitrogens is 1. The van der Waals surface area contributed by atoms with Gasteiger partial charge in [0.1, 0.15) is 11.5 Å². The molecule has 0 fully saturated rings. The molecule has 0 aliphatic rings. The molecular weight excluding hydrogens is 430 g/mol. The van der Waals surface area contributed by atoms with Gasteiger partial charge in [0.25, 0.3) is 5.91 Å². The van der Waals surface area contributed by atoms with Crippen molar-refractivity contribution >= 4 is 27.3 Å². The maximum absolute atomic E-state index is 13.0. The molecule has 0 radical (unpaired) electrons. The number of nitrogens with zero attached hydrogens (tertiary/aromatic N) is 1. The Morgan fingerprint density at radius 3 is 2.28 bits per heavy atom. The first-order valence-corrected chi connectivity index (χ1v) is 11.7. The highest BCUT2D eigenvalue weighted by atomic mass is 32.2. The van der Waals surface area contributed by atoms with Crippen LogP contribution in [0.3, 0.4) is 0 Å². The second kappa shape index (κ2) is 9.35. The van der Waals surface area contributed by atoms with Gasteiger partial charge in [0, 0.05) is 28.8 Å². The smallest absolute Gasteiger partial charge is 0.257 e. The van der Waals surface area contributed by atoms with Crippen molar-refractivity contribution in [2.75, 3.05) is 30.0 Å². The van der Waals surface area contributed by atoms with Gasteiger partial charge in [-0.05, 0) is 63.2 Å². The molecule has 0 atom stereocenters. The molecule has 8 nitrogen and oxygen atoms in total. The topological polar surface area (TPSA) is 98.7 Å². The zero-order valence-electron chi connectivity index (χ0n) is 18.7. The SMILES string of the molecule is CCS(=O)(=O)Nc1ccc(NC(=O)c2cc(C)n(-c3ccc(OC)cc3)c2C)cc1OC. The van der Waals surface area contributed by atoms with Crippen LogP contribution in [-0.2, 0) is 10.0 Å². The fraction of sp³-hybridized carbons (Fsp3) is 0.261. The lowest BCUT2D eigenvalue weighted by atomic mass is 10.2. The zero-order chi connectivity index (χ0) is 23.5. The fourth-order valence-electron chi connectivity index (χ4n) is 3.41. The first-order valence-electron chi connectivity index (χ1n) is 10.0. The lowest BCUT2D eigenvalue weighted by molar-refractivity contribution is 0.102. The second-order valence-electron chi connectivity index (χ2n) is 7.19. The molecule has 0 aliphatic heterocycles. The van der Waals surface area contributed by atoms with Gasteiger partial charge >= 0.3 is 0 Å². The summed E-state index contributed by atoms with van der Waals surface area (Å²) in [5.41, 5.74) is 3.97. The van der Waals surface area contributed by atoms with Crippen molar-refractivity contribution in [3.63, 3.8) is 0 Å². The van der Waals surface area contributed by atoms with Gasteiger partial charge in [-0.25, -0.2) is 8.42 Å². The average Bonchev–Trinajstić information content (AvgIpc) is 3.08. The summed E-state index contributed by atoms with van der Waals surface area (Å²) in [4.78, 5) is 13.0. The van der Waals surface area contributed by atoms with E-state index in [2.05, 4.69) is 10.0 Å². The number of ether oxygens (including phenoxy) is 2. The molecule has 1 amide bonds. The minimum absolute atomic E-state index is 0.0571. The third-order valence-electron chi connectivity index (χ3n) is 5.11. The predicted molar refractivity (Wildman–Crippen MR) is 126 cm³/mol. The number of anilines is 2. The Morgan fingerprint density at radius 1 is 1.00 bits per heavy atom. The number of carbonyl (C=O) groups excluding carboxylic acids is 1. The maximum Gasteiger partial charge on any atom is 0.257 e. The van der Waals surface area contributed by atoms with E-state index in [9.17, 15) is 13.2 Å². The van der Waals surface area contributed by atoms with Gasteiger partial charge in [-0.2, -0.15) is 0 Å². The van der Waals surface area contributed by atoms with E-state index in [1.54, 1.807) is 32.2 Å². The van der Waals surface area contributed by atoms with E-state index >= 15 is 0 Å². The van der Waals surface area contributed by atoms with E-state index in [0.29, 0.717) is 22.7 Å². The Balaban J connectivity index is 1.86. The zero-order valence-corrected chi connectivity index (χ0v) is 19.5. The second-order valence-corrected chi connectivity index (χ2v) is 9.20. The van der Waals surface area contributed by atoms with Crippen LogP contribution in [0.15, 0.2) is 48.5 Å². The number of hydrogen-bond acceptors (Lipinski definition) is 5. The number of sulfonamides is 1. The minimum atomic E-state index is -3.45. The van der Waals surface area contributed by atoms with Crippen molar-refractivity contribution in [3.8, 4) is 17.2 Å². The van der Waals surface area contributed by atoms with Gasteiger partial charge in [0.15, 0.2) is 0 Å².